The Morgan fingerprint density at radius 3 is 1.48 bits per heavy atom. The number of para-hydroxylation sites is 4. The first-order valence-corrected chi connectivity index (χ1v) is 17.6. The van der Waals surface area contributed by atoms with Crippen molar-refractivity contribution in [3.05, 3.63) is 170 Å². The van der Waals surface area contributed by atoms with Crippen molar-refractivity contribution in [2.75, 3.05) is 0 Å². The molecule has 9 aromatic rings. The lowest BCUT2D eigenvalue weighted by molar-refractivity contribution is 0.518. The van der Waals surface area contributed by atoms with Gasteiger partial charge in [0.15, 0.2) is 0 Å². The molecule has 0 saturated heterocycles. The van der Waals surface area contributed by atoms with Gasteiger partial charge in [-0.25, -0.2) is 0 Å². The smallest absolute Gasteiger partial charge is 0.519 e. The van der Waals surface area contributed by atoms with E-state index >= 15 is 0 Å². The summed E-state index contributed by atoms with van der Waals surface area (Å²) in [6.07, 6.45) is 0. The molecule has 0 N–H and O–H groups in total. The third-order valence-corrected chi connectivity index (χ3v) is 10.4. The highest BCUT2D eigenvalue weighted by molar-refractivity contribution is 6.66. The van der Waals surface area contributed by atoms with Crippen molar-refractivity contribution in [1.29, 1.82) is 0 Å². The van der Waals surface area contributed by atoms with Crippen molar-refractivity contribution in [2.24, 2.45) is 0 Å². The van der Waals surface area contributed by atoms with Crippen molar-refractivity contribution >= 4 is 68.3 Å². The molecule has 0 fully saturated rings. The zero-order valence-electron chi connectivity index (χ0n) is 28.0. The van der Waals surface area contributed by atoms with Gasteiger partial charge in [-0.1, -0.05) is 133 Å². The topological polar surface area (TPSA) is 36.9 Å². The van der Waals surface area contributed by atoms with Crippen molar-refractivity contribution in [2.45, 2.75) is 0 Å². The average molecular weight is 666 g/mol. The van der Waals surface area contributed by atoms with E-state index in [1.54, 1.807) is 0 Å². The van der Waals surface area contributed by atoms with Gasteiger partial charge in [0.2, 0.25) is 0 Å². The van der Waals surface area contributed by atoms with Gasteiger partial charge < -0.3 is 18.6 Å². The Hall–Kier alpha value is -6.65. The van der Waals surface area contributed by atoms with Crippen molar-refractivity contribution < 1.29 is 18.6 Å². The van der Waals surface area contributed by atoms with E-state index in [-0.39, 0.29) is 0 Å². The maximum atomic E-state index is 6.63. The van der Waals surface area contributed by atoms with Gasteiger partial charge in [-0.2, -0.15) is 0 Å². The minimum absolute atomic E-state index is 0.512. The summed E-state index contributed by atoms with van der Waals surface area (Å²) in [4.78, 5) is 0. The van der Waals surface area contributed by atoms with Crippen LogP contribution >= 0.6 is 0 Å². The van der Waals surface area contributed by atoms with Gasteiger partial charge in [0, 0.05) is 10.9 Å². The summed E-state index contributed by atoms with van der Waals surface area (Å²) in [5.74, 6) is 3.01. The number of fused-ring (bicyclic) bond motifs is 6. The van der Waals surface area contributed by atoms with Crippen LogP contribution in [0.15, 0.2) is 170 Å². The zero-order chi connectivity index (χ0) is 34.2. The molecule has 4 nitrogen and oxygen atoms in total. The SMILES string of the molecule is c1ccc2c(c1)OB(c1ccc3cc4c(-c5cccc6ccccc56)c(B5Oc6ccccc6O5)cc(-c5cccc6ccccc56)c4cc3c1)O2. The molecular weight excluding hydrogens is 638 g/mol. The van der Waals surface area contributed by atoms with Crippen LogP contribution in [0.4, 0.5) is 0 Å². The summed E-state index contributed by atoms with van der Waals surface area (Å²) in [7, 11) is -1.15. The van der Waals surface area contributed by atoms with Gasteiger partial charge in [-0.05, 0) is 102 Å². The Morgan fingerprint density at radius 2 is 0.827 bits per heavy atom. The fourth-order valence-electron chi connectivity index (χ4n) is 8.03. The number of hydrogen-bond donors (Lipinski definition) is 0. The lowest BCUT2D eigenvalue weighted by Crippen LogP contribution is -2.40. The van der Waals surface area contributed by atoms with E-state index in [1.165, 1.54) is 21.5 Å². The minimum Gasteiger partial charge on any atom is -0.519 e. The van der Waals surface area contributed by atoms with Gasteiger partial charge in [0.05, 0.1) is 0 Å². The number of hydrogen-bond acceptors (Lipinski definition) is 4. The largest absolute Gasteiger partial charge is 0.633 e. The average Bonchev–Trinajstić information content (AvgIpc) is 3.84. The van der Waals surface area contributed by atoms with Crippen LogP contribution in [0.1, 0.15) is 0 Å². The van der Waals surface area contributed by atoms with Crippen LogP contribution in [0.2, 0.25) is 0 Å². The monoisotopic (exact) mass is 666 g/mol. The molecule has 242 valence electrons. The maximum absolute atomic E-state index is 6.63. The normalized spacial score (nSPS) is 13.2. The maximum Gasteiger partial charge on any atom is 0.633 e. The summed E-state index contributed by atoms with van der Waals surface area (Å²) in [5.41, 5.74) is 6.43. The second-order valence-electron chi connectivity index (χ2n) is 13.5. The summed E-state index contributed by atoms with van der Waals surface area (Å²) >= 11 is 0. The predicted molar refractivity (Wildman–Crippen MR) is 214 cm³/mol. The first-order chi connectivity index (χ1) is 25.7. The van der Waals surface area contributed by atoms with Gasteiger partial charge >= 0.3 is 14.2 Å². The second-order valence-corrected chi connectivity index (χ2v) is 13.5. The third-order valence-electron chi connectivity index (χ3n) is 10.4. The Labute approximate surface area is 301 Å². The van der Waals surface area contributed by atoms with Crippen LogP contribution in [0.3, 0.4) is 0 Å². The Bertz CT molecular complexity index is 2840. The highest BCUT2D eigenvalue weighted by Gasteiger charge is 2.38. The molecule has 11 rings (SSSR count). The molecule has 0 bridgehead atoms. The van der Waals surface area contributed by atoms with E-state index in [2.05, 4.69) is 121 Å². The van der Waals surface area contributed by atoms with Gasteiger partial charge in [0.25, 0.3) is 0 Å². The van der Waals surface area contributed by atoms with Crippen LogP contribution in [0, 0.1) is 0 Å². The molecule has 52 heavy (non-hydrogen) atoms. The minimum atomic E-state index is -0.638. The van der Waals surface area contributed by atoms with Gasteiger partial charge in [-0.15, -0.1) is 0 Å². The Morgan fingerprint density at radius 1 is 0.308 bits per heavy atom. The Balaban J connectivity index is 1.22. The summed E-state index contributed by atoms with van der Waals surface area (Å²) in [6, 6.07) is 59.4. The van der Waals surface area contributed by atoms with E-state index in [1.807, 2.05) is 48.5 Å². The lowest BCUT2D eigenvalue weighted by atomic mass is 9.70. The molecule has 2 aliphatic heterocycles. The molecule has 0 amide bonds. The molecule has 0 spiro atoms. The second kappa shape index (κ2) is 11.4. The first kappa shape index (κ1) is 29.1. The quantitative estimate of drug-likeness (QED) is 0.139. The highest BCUT2D eigenvalue weighted by atomic mass is 16.6. The van der Waals surface area contributed by atoms with Crippen LogP contribution < -0.4 is 29.5 Å². The van der Waals surface area contributed by atoms with Crippen LogP contribution in [0.25, 0.3) is 65.3 Å². The number of rotatable bonds is 4. The molecule has 0 radical (unpaired) electrons. The molecule has 6 heteroatoms. The van der Waals surface area contributed by atoms with Crippen LogP contribution in [0.5, 0.6) is 23.0 Å². The molecule has 0 unspecified atom stereocenters. The molecule has 2 aliphatic rings. The molecule has 0 aliphatic carbocycles. The molecule has 0 saturated carbocycles. The summed E-state index contributed by atoms with van der Waals surface area (Å²) in [6.45, 7) is 0. The van der Waals surface area contributed by atoms with E-state index in [0.717, 1.165) is 77.7 Å². The van der Waals surface area contributed by atoms with E-state index in [9.17, 15) is 0 Å². The van der Waals surface area contributed by atoms with Crippen molar-refractivity contribution in [3.63, 3.8) is 0 Å². The zero-order valence-corrected chi connectivity index (χ0v) is 28.0. The summed E-state index contributed by atoms with van der Waals surface area (Å²) in [5, 5.41) is 9.21. The van der Waals surface area contributed by atoms with Crippen LogP contribution in [-0.4, -0.2) is 14.2 Å². The van der Waals surface area contributed by atoms with E-state index in [4.69, 9.17) is 18.6 Å². The van der Waals surface area contributed by atoms with Gasteiger partial charge in [0.1, 0.15) is 23.0 Å². The number of benzene rings is 9. The van der Waals surface area contributed by atoms with Crippen molar-refractivity contribution in [3.8, 4) is 45.3 Å². The predicted octanol–water partition coefficient (Wildman–Crippen LogP) is 9.97. The molecule has 0 aromatic heterocycles. The van der Waals surface area contributed by atoms with E-state index in [0.29, 0.717) is 0 Å². The Kier molecular flexibility index (Phi) is 6.41. The standard InChI is InChI=1S/C46H28B2O4/c1-3-15-34-29(11-1)13-9-17-36(34)39-28-41(48-51-44-21-7-8-22-45(44)52-48)46(37-18-10-14-30-12-2-4-16-35(30)37)40-26-31-23-24-33(25-32(31)27-38(39)40)47-49-42-19-5-6-20-43(42)50-47/h1-28H. The lowest BCUT2D eigenvalue weighted by Gasteiger charge is -2.21. The third kappa shape index (κ3) is 4.58. The van der Waals surface area contributed by atoms with Gasteiger partial charge in [-0.3, -0.25) is 0 Å². The highest BCUT2D eigenvalue weighted by Crippen LogP contribution is 2.43. The first-order valence-electron chi connectivity index (χ1n) is 17.6. The van der Waals surface area contributed by atoms with E-state index < -0.39 is 14.2 Å². The molecular formula is C46H28B2O4. The fraction of sp³-hybridized carbons (Fsp3) is 0. The molecule has 2 heterocycles. The summed E-state index contributed by atoms with van der Waals surface area (Å²) < 4.78 is 25.7. The molecule has 0 atom stereocenters. The fourth-order valence-corrected chi connectivity index (χ4v) is 8.03. The van der Waals surface area contributed by atoms with Crippen LogP contribution in [-0.2, 0) is 0 Å². The molecule has 9 aromatic carbocycles. The van der Waals surface area contributed by atoms with Crippen molar-refractivity contribution in [1.82, 2.24) is 0 Å².